The number of hydrogen-bond donors (Lipinski definition) is 1. The molecule has 0 aliphatic carbocycles. The molecule has 0 bridgehead atoms. The fourth-order valence-corrected chi connectivity index (χ4v) is 4.98. The minimum Gasteiger partial charge on any atom is -0.481 e. The van der Waals surface area contributed by atoms with Gasteiger partial charge in [0.15, 0.2) is 0 Å². The van der Waals surface area contributed by atoms with Crippen LogP contribution in [0.3, 0.4) is 0 Å². The molecule has 0 spiro atoms. The lowest BCUT2D eigenvalue weighted by molar-refractivity contribution is -0.133. The molecule has 0 heterocycles. The van der Waals surface area contributed by atoms with Gasteiger partial charge in [-0.3, -0.25) is 9.10 Å². The smallest absolute Gasteiger partial charge is 0.313 e. The number of aliphatic carboxylic acids is 1. The van der Waals surface area contributed by atoms with Gasteiger partial charge in [0.05, 0.1) is 21.4 Å². The summed E-state index contributed by atoms with van der Waals surface area (Å²) in [4.78, 5) is 10.7. The molecule has 0 radical (unpaired) electrons. The molecule has 0 unspecified atom stereocenters. The standard InChI is InChI=1S/C17H16Cl3NO4S2/c18-12-2-5-14(6-3-12)27(24,25)21(8-1-9-26-11-17(22)23)16-10-13(19)4-7-15(16)20/h2-7,10H,1,8-9,11H2,(H,22,23). The van der Waals surface area contributed by atoms with Crippen molar-refractivity contribution in [2.75, 3.05) is 22.4 Å². The van der Waals surface area contributed by atoms with Crippen molar-refractivity contribution in [2.45, 2.75) is 11.3 Å². The summed E-state index contributed by atoms with van der Waals surface area (Å²) < 4.78 is 27.5. The largest absolute Gasteiger partial charge is 0.481 e. The molecule has 0 aliphatic heterocycles. The molecule has 2 aromatic carbocycles. The zero-order valence-electron chi connectivity index (χ0n) is 13.9. The second-order valence-corrected chi connectivity index (χ2v) is 9.67. The van der Waals surface area contributed by atoms with E-state index < -0.39 is 16.0 Å². The molecule has 0 fully saturated rings. The summed E-state index contributed by atoms with van der Waals surface area (Å²) in [5.74, 6) is -0.470. The van der Waals surface area contributed by atoms with Crippen LogP contribution in [0.1, 0.15) is 6.42 Å². The molecule has 27 heavy (non-hydrogen) atoms. The molecule has 2 aromatic rings. The van der Waals surface area contributed by atoms with E-state index in [4.69, 9.17) is 39.9 Å². The minimum absolute atomic E-state index is 0.0398. The van der Waals surface area contributed by atoms with Crippen LogP contribution >= 0.6 is 46.6 Å². The number of thioether (sulfide) groups is 1. The predicted molar refractivity (Wildman–Crippen MR) is 112 cm³/mol. The SMILES string of the molecule is O=C(O)CSCCCN(c1cc(Cl)ccc1Cl)S(=O)(=O)c1ccc(Cl)cc1. The van der Waals surface area contributed by atoms with Crippen LogP contribution in [0, 0.1) is 0 Å². The summed E-state index contributed by atoms with van der Waals surface area (Å²) in [5.41, 5.74) is 0.266. The molecule has 1 N–H and O–H groups in total. The normalized spacial score (nSPS) is 11.4. The fourth-order valence-electron chi connectivity index (χ4n) is 2.25. The second-order valence-electron chi connectivity index (χ2n) is 5.43. The Labute approximate surface area is 177 Å². The van der Waals surface area contributed by atoms with E-state index in [-0.39, 0.29) is 27.9 Å². The van der Waals surface area contributed by atoms with E-state index in [1.54, 1.807) is 6.07 Å². The van der Waals surface area contributed by atoms with E-state index in [2.05, 4.69) is 0 Å². The van der Waals surface area contributed by atoms with Gasteiger partial charge in [0.2, 0.25) is 0 Å². The van der Waals surface area contributed by atoms with E-state index in [9.17, 15) is 13.2 Å². The lowest BCUT2D eigenvalue weighted by Crippen LogP contribution is -2.32. The number of carboxylic acid groups (broad SMARTS) is 1. The summed E-state index contributed by atoms with van der Waals surface area (Å²) in [7, 11) is -3.91. The van der Waals surface area contributed by atoms with Gasteiger partial charge in [0, 0.05) is 16.6 Å². The van der Waals surface area contributed by atoms with E-state index in [1.165, 1.54) is 52.5 Å². The van der Waals surface area contributed by atoms with Crippen LogP contribution in [0.5, 0.6) is 0 Å². The van der Waals surface area contributed by atoms with Gasteiger partial charge in [-0.2, -0.15) is 11.8 Å². The van der Waals surface area contributed by atoms with Gasteiger partial charge in [0.25, 0.3) is 10.0 Å². The van der Waals surface area contributed by atoms with Crippen molar-refractivity contribution in [3.05, 3.63) is 57.5 Å². The number of rotatable bonds is 9. The van der Waals surface area contributed by atoms with Gasteiger partial charge < -0.3 is 5.11 Å². The van der Waals surface area contributed by atoms with Gasteiger partial charge in [-0.05, 0) is 54.6 Å². The molecule has 10 heteroatoms. The van der Waals surface area contributed by atoms with Crippen molar-refractivity contribution in [3.63, 3.8) is 0 Å². The van der Waals surface area contributed by atoms with Gasteiger partial charge in [-0.15, -0.1) is 0 Å². The molecule has 146 valence electrons. The number of benzene rings is 2. The van der Waals surface area contributed by atoms with E-state index in [0.717, 1.165) is 0 Å². The first-order valence-electron chi connectivity index (χ1n) is 7.74. The van der Waals surface area contributed by atoms with Crippen molar-refractivity contribution >= 4 is 68.2 Å². The highest BCUT2D eigenvalue weighted by atomic mass is 35.5. The molecule has 0 aromatic heterocycles. The summed E-state index contributed by atoms with van der Waals surface area (Å²) in [6, 6.07) is 10.4. The van der Waals surface area contributed by atoms with Crippen LogP contribution < -0.4 is 4.31 Å². The van der Waals surface area contributed by atoms with Gasteiger partial charge in [-0.1, -0.05) is 34.8 Å². The van der Waals surface area contributed by atoms with Crippen molar-refractivity contribution < 1.29 is 18.3 Å². The summed E-state index contributed by atoms with van der Waals surface area (Å²) in [6.45, 7) is 0.123. The number of carbonyl (C=O) groups is 1. The Kier molecular flexibility index (Phi) is 8.12. The Morgan fingerprint density at radius 1 is 1.04 bits per heavy atom. The monoisotopic (exact) mass is 467 g/mol. The Bertz CT molecular complexity index is 905. The second kappa shape index (κ2) is 9.89. The quantitative estimate of drug-likeness (QED) is 0.521. The Morgan fingerprint density at radius 3 is 2.30 bits per heavy atom. The lowest BCUT2D eigenvalue weighted by atomic mass is 10.3. The molecular formula is C17H16Cl3NO4S2. The van der Waals surface area contributed by atoms with Crippen molar-refractivity contribution in [1.82, 2.24) is 0 Å². The molecule has 2 rings (SSSR count). The highest BCUT2D eigenvalue weighted by molar-refractivity contribution is 7.99. The number of carboxylic acids is 1. The molecule has 5 nitrogen and oxygen atoms in total. The predicted octanol–water partition coefficient (Wildman–Crippen LogP) is 5.05. The summed E-state index contributed by atoms with van der Waals surface area (Å²) in [6.07, 6.45) is 0.438. The lowest BCUT2D eigenvalue weighted by Gasteiger charge is -2.25. The van der Waals surface area contributed by atoms with E-state index in [1.807, 2.05) is 0 Å². The average Bonchev–Trinajstić information content (AvgIpc) is 2.60. The van der Waals surface area contributed by atoms with Crippen LogP contribution in [0.4, 0.5) is 5.69 Å². The van der Waals surface area contributed by atoms with Crippen molar-refractivity contribution in [3.8, 4) is 0 Å². The molecule has 0 saturated carbocycles. The fraction of sp³-hybridized carbons (Fsp3) is 0.235. The van der Waals surface area contributed by atoms with E-state index >= 15 is 0 Å². The summed E-state index contributed by atoms with van der Waals surface area (Å²) >= 11 is 19.3. The highest BCUT2D eigenvalue weighted by Gasteiger charge is 2.26. The Morgan fingerprint density at radius 2 is 1.67 bits per heavy atom. The first-order valence-corrected chi connectivity index (χ1v) is 11.5. The maximum atomic E-state index is 13.2. The molecular weight excluding hydrogens is 453 g/mol. The van der Waals surface area contributed by atoms with Crippen molar-refractivity contribution in [2.24, 2.45) is 0 Å². The topological polar surface area (TPSA) is 74.7 Å². The molecule has 0 aliphatic rings. The Hall–Kier alpha value is -1.12. The first kappa shape index (κ1) is 22.2. The Balaban J connectivity index is 2.32. The number of sulfonamides is 1. The maximum absolute atomic E-state index is 13.2. The molecule has 0 saturated heterocycles. The average molecular weight is 469 g/mol. The van der Waals surface area contributed by atoms with Crippen LogP contribution in [-0.2, 0) is 14.8 Å². The minimum atomic E-state index is -3.91. The van der Waals surface area contributed by atoms with Crippen LogP contribution in [0.25, 0.3) is 0 Å². The summed E-state index contributed by atoms with van der Waals surface area (Å²) in [5, 5.41) is 9.72. The van der Waals surface area contributed by atoms with Gasteiger partial charge in [0.1, 0.15) is 0 Å². The third-order valence-electron chi connectivity index (χ3n) is 3.45. The third-order valence-corrected chi connectivity index (χ3v) is 7.12. The number of anilines is 1. The van der Waals surface area contributed by atoms with E-state index in [0.29, 0.717) is 22.2 Å². The zero-order chi connectivity index (χ0) is 20.0. The van der Waals surface area contributed by atoms with Crippen LogP contribution in [-0.4, -0.2) is 37.5 Å². The third kappa shape index (κ3) is 6.19. The highest BCUT2D eigenvalue weighted by Crippen LogP contribution is 2.33. The molecule has 0 atom stereocenters. The molecule has 0 amide bonds. The first-order chi connectivity index (χ1) is 12.7. The van der Waals surface area contributed by atoms with Crippen molar-refractivity contribution in [1.29, 1.82) is 0 Å². The van der Waals surface area contributed by atoms with Gasteiger partial charge >= 0.3 is 5.97 Å². The van der Waals surface area contributed by atoms with Crippen LogP contribution in [0.2, 0.25) is 15.1 Å². The number of nitrogens with zero attached hydrogens (tertiary/aromatic N) is 1. The zero-order valence-corrected chi connectivity index (χ0v) is 17.8. The number of hydrogen-bond acceptors (Lipinski definition) is 4. The number of halogens is 3. The van der Waals surface area contributed by atoms with Crippen LogP contribution in [0.15, 0.2) is 47.4 Å². The maximum Gasteiger partial charge on any atom is 0.313 e. The van der Waals surface area contributed by atoms with Gasteiger partial charge in [-0.25, -0.2) is 8.42 Å².